The van der Waals surface area contributed by atoms with Crippen LogP contribution in [-0.2, 0) is 0 Å². The first-order chi connectivity index (χ1) is 15.7. The third-order valence-corrected chi connectivity index (χ3v) is 4.94. The lowest BCUT2D eigenvalue weighted by Crippen LogP contribution is -2.15. The number of ether oxygens (including phenoxy) is 2. The van der Waals surface area contributed by atoms with Crippen LogP contribution in [0.1, 0.15) is 20.7 Å². The molecule has 0 aromatic heterocycles. The maximum atomic E-state index is 13.0. The van der Waals surface area contributed by atoms with Gasteiger partial charge in [0.2, 0.25) is 0 Å². The van der Waals surface area contributed by atoms with Gasteiger partial charge < -0.3 is 20.1 Å². The van der Waals surface area contributed by atoms with E-state index in [2.05, 4.69) is 10.6 Å². The van der Waals surface area contributed by atoms with Crippen LogP contribution in [0.4, 0.5) is 11.4 Å². The van der Waals surface area contributed by atoms with E-state index in [0.717, 1.165) is 0 Å². The topological polar surface area (TPSA) is 76.7 Å². The van der Waals surface area contributed by atoms with Gasteiger partial charge in [-0.1, -0.05) is 42.5 Å². The van der Waals surface area contributed by atoms with Gasteiger partial charge in [0.05, 0.1) is 16.8 Å². The Balaban J connectivity index is 1.40. The number of anilines is 2. The van der Waals surface area contributed by atoms with E-state index in [1.54, 1.807) is 54.6 Å². The van der Waals surface area contributed by atoms with Crippen LogP contribution in [0.15, 0.2) is 97.1 Å². The second-order valence-electron chi connectivity index (χ2n) is 7.13. The van der Waals surface area contributed by atoms with Crippen molar-refractivity contribution in [3.63, 3.8) is 0 Å². The molecule has 0 fully saturated rings. The summed E-state index contributed by atoms with van der Waals surface area (Å²) in [6.07, 6.45) is 0. The van der Waals surface area contributed by atoms with Crippen LogP contribution in [0.3, 0.4) is 0 Å². The van der Waals surface area contributed by atoms with Gasteiger partial charge in [0.15, 0.2) is 5.75 Å². The van der Waals surface area contributed by atoms with E-state index in [9.17, 15) is 9.59 Å². The summed E-state index contributed by atoms with van der Waals surface area (Å²) in [5.41, 5.74) is 1.76. The van der Waals surface area contributed by atoms with Gasteiger partial charge in [-0.25, -0.2) is 0 Å². The van der Waals surface area contributed by atoms with Crippen LogP contribution >= 0.6 is 0 Å². The van der Waals surface area contributed by atoms with E-state index in [0.29, 0.717) is 45.5 Å². The number of benzene rings is 4. The lowest BCUT2D eigenvalue weighted by molar-refractivity contribution is 0.101. The van der Waals surface area contributed by atoms with Crippen molar-refractivity contribution in [1.82, 2.24) is 0 Å². The predicted molar refractivity (Wildman–Crippen MR) is 122 cm³/mol. The molecule has 0 saturated heterocycles. The Morgan fingerprint density at radius 3 is 2.44 bits per heavy atom. The molecule has 1 aliphatic heterocycles. The van der Waals surface area contributed by atoms with E-state index in [1.165, 1.54) is 0 Å². The maximum Gasteiger partial charge on any atom is 0.259 e. The number of nitrogens with one attached hydrogen (secondary N) is 2. The number of carbonyl (C=O) groups excluding carboxylic acids is 2. The first kappa shape index (κ1) is 19.4. The van der Waals surface area contributed by atoms with Gasteiger partial charge in [-0.15, -0.1) is 0 Å². The van der Waals surface area contributed by atoms with Gasteiger partial charge in [-0.3, -0.25) is 9.59 Å². The van der Waals surface area contributed by atoms with Crippen molar-refractivity contribution in [3.05, 3.63) is 108 Å². The zero-order chi connectivity index (χ0) is 21.9. The molecule has 2 N–H and O–H groups in total. The molecule has 1 aliphatic rings. The van der Waals surface area contributed by atoms with Gasteiger partial charge in [0.25, 0.3) is 11.8 Å². The molecule has 5 rings (SSSR count). The molecular formula is C26H18N2O4. The largest absolute Gasteiger partial charge is 0.457 e. The van der Waals surface area contributed by atoms with Crippen molar-refractivity contribution >= 4 is 23.2 Å². The minimum absolute atomic E-state index is 0.311. The molecule has 6 heteroatoms. The predicted octanol–water partition coefficient (Wildman–Crippen LogP) is 6.09. The summed E-state index contributed by atoms with van der Waals surface area (Å²) in [4.78, 5) is 25.7. The Kier molecular flexibility index (Phi) is 5.01. The summed E-state index contributed by atoms with van der Waals surface area (Å²) in [6, 6.07) is 28.4. The quantitative estimate of drug-likeness (QED) is 0.417. The molecule has 4 aromatic carbocycles. The Labute approximate surface area is 184 Å². The highest BCUT2D eigenvalue weighted by molar-refractivity contribution is 6.10. The third kappa shape index (κ3) is 3.89. The van der Waals surface area contributed by atoms with Crippen LogP contribution in [0, 0.1) is 0 Å². The minimum Gasteiger partial charge on any atom is -0.457 e. The normalized spacial score (nSPS) is 11.8. The SMILES string of the molecule is O=C(Nc1ccc2c(c1)C(=O)Nc1ccccc1O2)c1ccccc1Oc1ccccc1. The average Bonchev–Trinajstić information content (AvgIpc) is 2.96. The number of para-hydroxylation sites is 4. The molecule has 0 aliphatic carbocycles. The minimum atomic E-state index is -0.352. The van der Waals surface area contributed by atoms with Crippen LogP contribution in [0.5, 0.6) is 23.0 Å². The Bertz CT molecular complexity index is 1320. The number of hydrogen-bond donors (Lipinski definition) is 2. The van der Waals surface area contributed by atoms with Crippen molar-refractivity contribution in [1.29, 1.82) is 0 Å². The Morgan fingerprint density at radius 2 is 1.56 bits per heavy atom. The van der Waals surface area contributed by atoms with E-state index in [4.69, 9.17) is 9.47 Å². The average molecular weight is 422 g/mol. The van der Waals surface area contributed by atoms with E-state index in [1.807, 2.05) is 42.5 Å². The fraction of sp³-hybridized carbons (Fsp3) is 0. The highest BCUT2D eigenvalue weighted by Gasteiger charge is 2.22. The molecule has 2 amide bonds. The lowest BCUT2D eigenvalue weighted by Gasteiger charge is -2.13. The van der Waals surface area contributed by atoms with E-state index in [-0.39, 0.29) is 11.8 Å². The smallest absolute Gasteiger partial charge is 0.259 e. The molecule has 0 atom stereocenters. The van der Waals surface area contributed by atoms with Crippen LogP contribution in [0.2, 0.25) is 0 Å². The molecular weight excluding hydrogens is 404 g/mol. The molecule has 0 radical (unpaired) electrons. The molecule has 6 nitrogen and oxygen atoms in total. The summed E-state index contributed by atoms with van der Waals surface area (Å²) in [7, 11) is 0. The first-order valence-electron chi connectivity index (χ1n) is 10.0. The summed E-state index contributed by atoms with van der Waals surface area (Å²) in [6.45, 7) is 0. The third-order valence-electron chi connectivity index (χ3n) is 4.94. The summed E-state index contributed by atoms with van der Waals surface area (Å²) in [5, 5.41) is 5.67. The van der Waals surface area contributed by atoms with E-state index < -0.39 is 0 Å². The molecule has 0 bridgehead atoms. The Hall–Kier alpha value is -4.58. The van der Waals surface area contributed by atoms with Crippen molar-refractivity contribution < 1.29 is 19.1 Å². The molecule has 0 saturated carbocycles. The number of fused-ring (bicyclic) bond motifs is 2. The summed E-state index contributed by atoms with van der Waals surface area (Å²) in [5.74, 6) is 1.37. The number of carbonyl (C=O) groups is 2. The van der Waals surface area contributed by atoms with Crippen LogP contribution in [-0.4, -0.2) is 11.8 Å². The van der Waals surface area contributed by atoms with Crippen molar-refractivity contribution in [2.24, 2.45) is 0 Å². The zero-order valence-corrected chi connectivity index (χ0v) is 16.9. The number of rotatable bonds is 4. The van der Waals surface area contributed by atoms with Crippen molar-refractivity contribution in [2.75, 3.05) is 10.6 Å². The molecule has 0 spiro atoms. The fourth-order valence-corrected chi connectivity index (χ4v) is 3.40. The standard InChI is InChI=1S/C26H18N2O4/c29-25(19-10-4-6-12-22(19)31-18-8-2-1-3-9-18)27-17-14-15-23-20(16-17)26(30)28-21-11-5-7-13-24(21)32-23/h1-16H,(H,27,29)(H,28,30). The van der Waals surface area contributed by atoms with Crippen LogP contribution < -0.4 is 20.1 Å². The number of amides is 2. The fourth-order valence-electron chi connectivity index (χ4n) is 3.40. The van der Waals surface area contributed by atoms with Crippen molar-refractivity contribution in [2.45, 2.75) is 0 Å². The van der Waals surface area contributed by atoms with Gasteiger partial charge in [-0.05, 0) is 54.6 Å². The summed E-state index contributed by atoms with van der Waals surface area (Å²) >= 11 is 0. The zero-order valence-electron chi connectivity index (χ0n) is 16.9. The number of hydrogen-bond acceptors (Lipinski definition) is 4. The lowest BCUT2D eigenvalue weighted by atomic mass is 10.1. The molecule has 4 aromatic rings. The highest BCUT2D eigenvalue weighted by Crippen LogP contribution is 2.36. The van der Waals surface area contributed by atoms with Gasteiger partial charge >= 0.3 is 0 Å². The Morgan fingerprint density at radius 1 is 0.812 bits per heavy atom. The second-order valence-corrected chi connectivity index (χ2v) is 7.13. The molecule has 0 unspecified atom stereocenters. The molecule has 156 valence electrons. The van der Waals surface area contributed by atoms with E-state index >= 15 is 0 Å². The van der Waals surface area contributed by atoms with Crippen molar-refractivity contribution in [3.8, 4) is 23.0 Å². The highest BCUT2D eigenvalue weighted by atomic mass is 16.5. The summed E-state index contributed by atoms with van der Waals surface area (Å²) < 4.78 is 11.8. The second kappa shape index (κ2) is 8.28. The van der Waals surface area contributed by atoms with Gasteiger partial charge in [-0.2, -0.15) is 0 Å². The first-order valence-corrected chi connectivity index (χ1v) is 10.0. The van der Waals surface area contributed by atoms with Gasteiger partial charge in [0, 0.05) is 5.69 Å². The van der Waals surface area contributed by atoms with Gasteiger partial charge in [0.1, 0.15) is 17.2 Å². The monoisotopic (exact) mass is 422 g/mol. The molecule has 32 heavy (non-hydrogen) atoms. The maximum absolute atomic E-state index is 13.0. The van der Waals surface area contributed by atoms with Crippen LogP contribution in [0.25, 0.3) is 0 Å². The molecule has 1 heterocycles.